The summed E-state index contributed by atoms with van der Waals surface area (Å²) in [5.74, 6) is 1.39. The zero-order valence-corrected chi connectivity index (χ0v) is 18.0. The number of likely N-dealkylation sites (tertiary alicyclic amines) is 1. The Labute approximate surface area is 186 Å². The normalized spacial score (nSPS) is 15.7. The molecule has 6 nitrogen and oxygen atoms in total. The molecule has 1 unspecified atom stereocenters. The minimum Gasteiger partial charge on any atom is -0.388 e. The van der Waals surface area contributed by atoms with Crippen molar-refractivity contribution in [1.82, 2.24) is 15.0 Å². The lowest BCUT2D eigenvalue weighted by Crippen LogP contribution is -2.39. The molecule has 3 aromatic rings. The summed E-state index contributed by atoms with van der Waals surface area (Å²) < 4.78 is 5.31. The van der Waals surface area contributed by atoms with E-state index in [2.05, 4.69) is 10.1 Å². The van der Waals surface area contributed by atoms with Crippen molar-refractivity contribution in [2.75, 3.05) is 13.1 Å². The van der Waals surface area contributed by atoms with Gasteiger partial charge in [0, 0.05) is 36.5 Å². The lowest BCUT2D eigenvalue weighted by molar-refractivity contribution is -0.133. The molecule has 0 radical (unpaired) electrons. The summed E-state index contributed by atoms with van der Waals surface area (Å²) in [6.07, 6.45) is 2.84. The fourth-order valence-corrected chi connectivity index (χ4v) is 4.13. The molecule has 0 aliphatic carbocycles. The van der Waals surface area contributed by atoms with Crippen molar-refractivity contribution >= 4 is 17.5 Å². The van der Waals surface area contributed by atoms with Crippen molar-refractivity contribution in [2.45, 2.75) is 38.2 Å². The van der Waals surface area contributed by atoms with Crippen LogP contribution >= 0.6 is 11.6 Å². The Kier molecular flexibility index (Phi) is 6.99. The number of nitrogens with zero attached hydrogens (tertiary/aromatic N) is 3. The van der Waals surface area contributed by atoms with Crippen molar-refractivity contribution in [3.8, 4) is 11.4 Å². The second-order valence-electron chi connectivity index (χ2n) is 7.95. The summed E-state index contributed by atoms with van der Waals surface area (Å²) in [5, 5.41) is 15.3. The molecule has 1 N–H and O–H groups in total. The quantitative estimate of drug-likeness (QED) is 0.578. The van der Waals surface area contributed by atoms with Crippen LogP contribution in [-0.2, 0) is 11.2 Å². The van der Waals surface area contributed by atoms with E-state index in [0.29, 0.717) is 49.1 Å². The molecular weight excluding hydrogens is 414 g/mol. The Morgan fingerprint density at radius 1 is 1.13 bits per heavy atom. The molecule has 2 heterocycles. The predicted octanol–water partition coefficient (Wildman–Crippen LogP) is 4.68. The Balaban J connectivity index is 1.21. The van der Waals surface area contributed by atoms with Crippen LogP contribution in [0, 0.1) is 5.92 Å². The van der Waals surface area contributed by atoms with Crippen LogP contribution in [0.15, 0.2) is 59.1 Å². The first-order valence-electron chi connectivity index (χ1n) is 10.7. The number of hydrogen-bond donors (Lipinski definition) is 1. The molecule has 1 amide bonds. The number of aromatic nitrogens is 2. The molecule has 1 aliphatic rings. The average Bonchev–Trinajstić information content (AvgIpc) is 3.28. The lowest BCUT2D eigenvalue weighted by Gasteiger charge is -2.34. The number of amides is 1. The number of benzene rings is 2. The third-order valence-electron chi connectivity index (χ3n) is 5.83. The number of aliphatic hydroxyl groups excluding tert-OH is 1. The first kappa shape index (κ1) is 21.5. The van der Waals surface area contributed by atoms with E-state index in [0.717, 1.165) is 24.0 Å². The molecule has 2 aromatic carbocycles. The first-order chi connectivity index (χ1) is 15.1. The Bertz CT molecular complexity index is 983. The number of hydrogen-bond acceptors (Lipinski definition) is 5. The van der Waals surface area contributed by atoms with Gasteiger partial charge >= 0.3 is 0 Å². The van der Waals surface area contributed by atoms with Gasteiger partial charge in [-0.25, -0.2) is 0 Å². The van der Waals surface area contributed by atoms with Crippen molar-refractivity contribution in [3.05, 3.63) is 71.1 Å². The molecule has 0 bridgehead atoms. The van der Waals surface area contributed by atoms with Gasteiger partial charge in [-0.2, -0.15) is 4.98 Å². The highest BCUT2D eigenvalue weighted by Gasteiger charge is 2.28. The largest absolute Gasteiger partial charge is 0.388 e. The summed E-state index contributed by atoms with van der Waals surface area (Å²) in [7, 11) is 0. The zero-order valence-electron chi connectivity index (χ0n) is 17.3. The maximum Gasteiger partial charge on any atom is 0.226 e. The molecule has 0 saturated carbocycles. The smallest absolute Gasteiger partial charge is 0.226 e. The molecule has 1 fully saturated rings. The van der Waals surface area contributed by atoms with Gasteiger partial charge in [-0.15, -0.1) is 0 Å². The molecule has 0 spiro atoms. The van der Waals surface area contributed by atoms with Crippen molar-refractivity contribution in [3.63, 3.8) is 0 Å². The van der Waals surface area contributed by atoms with E-state index in [1.54, 1.807) is 12.1 Å². The van der Waals surface area contributed by atoms with Gasteiger partial charge in [0.25, 0.3) is 0 Å². The number of rotatable bonds is 7. The second kappa shape index (κ2) is 10.1. The van der Waals surface area contributed by atoms with Crippen LogP contribution in [0.3, 0.4) is 0 Å². The third kappa shape index (κ3) is 5.51. The lowest BCUT2D eigenvalue weighted by atomic mass is 9.87. The molecule has 1 aliphatic heterocycles. The van der Waals surface area contributed by atoms with E-state index in [9.17, 15) is 9.90 Å². The van der Waals surface area contributed by atoms with E-state index in [4.69, 9.17) is 16.1 Å². The average molecular weight is 440 g/mol. The summed E-state index contributed by atoms with van der Waals surface area (Å²) >= 11 is 5.91. The van der Waals surface area contributed by atoms with Crippen molar-refractivity contribution in [1.29, 1.82) is 0 Å². The highest BCUT2D eigenvalue weighted by molar-refractivity contribution is 6.30. The van der Waals surface area contributed by atoms with Crippen LogP contribution in [0.1, 0.15) is 43.2 Å². The van der Waals surface area contributed by atoms with E-state index >= 15 is 0 Å². The number of piperidine rings is 1. The van der Waals surface area contributed by atoms with E-state index in [1.165, 1.54) is 0 Å². The van der Waals surface area contributed by atoms with Crippen molar-refractivity contribution in [2.24, 2.45) is 5.92 Å². The van der Waals surface area contributed by atoms with Crippen molar-refractivity contribution < 1.29 is 14.4 Å². The van der Waals surface area contributed by atoms with Crippen LogP contribution in [0.25, 0.3) is 11.4 Å². The molecule has 31 heavy (non-hydrogen) atoms. The first-order valence-corrected chi connectivity index (χ1v) is 11.1. The number of aliphatic hydroxyl groups is 1. The van der Waals surface area contributed by atoms with Gasteiger partial charge in [-0.05, 0) is 55.0 Å². The number of halogens is 1. The molecule has 1 atom stereocenters. The number of carbonyl (C=O) groups excluding carboxylic acids is 1. The summed E-state index contributed by atoms with van der Waals surface area (Å²) in [4.78, 5) is 18.9. The summed E-state index contributed by atoms with van der Waals surface area (Å²) in [5.41, 5.74) is 1.79. The van der Waals surface area contributed by atoms with Crippen LogP contribution in [-0.4, -0.2) is 39.1 Å². The van der Waals surface area contributed by atoms with E-state index in [-0.39, 0.29) is 11.8 Å². The maximum absolute atomic E-state index is 12.6. The molecular formula is C24H26ClN3O3. The van der Waals surface area contributed by atoms with Crippen LogP contribution in [0.2, 0.25) is 5.02 Å². The molecule has 1 saturated heterocycles. The highest BCUT2D eigenvalue weighted by Crippen LogP contribution is 2.30. The predicted molar refractivity (Wildman–Crippen MR) is 118 cm³/mol. The van der Waals surface area contributed by atoms with Gasteiger partial charge in [-0.1, -0.05) is 47.1 Å². The minimum atomic E-state index is -0.467. The van der Waals surface area contributed by atoms with E-state index in [1.807, 2.05) is 47.4 Å². The maximum atomic E-state index is 12.6. The topological polar surface area (TPSA) is 79.5 Å². The van der Waals surface area contributed by atoms with Crippen LogP contribution in [0.5, 0.6) is 0 Å². The van der Waals surface area contributed by atoms with Crippen LogP contribution in [0.4, 0.5) is 0 Å². The SMILES string of the molecule is O=C(CCCc1nc(-c2ccc(Cl)cc2)no1)N1CCC(C(O)c2ccccc2)CC1. The fraction of sp³-hybridized carbons (Fsp3) is 0.375. The van der Waals surface area contributed by atoms with Gasteiger partial charge in [0.15, 0.2) is 0 Å². The monoisotopic (exact) mass is 439 g/mol. The molecule has 7 heteroatoms. The Morgan fingerprint density at radius 2 is 1.84 bits per heavy atom. The standard InChI is InChI=1S/C24H26ClN3O3/c25-20-11-9-19(10-12-20)24-26-21(31-27-24)7-4-8-22(29)28-15-13-18(14-16-28)23(30)17-5-2-1-3-6-17/h1-3,5-6,9-12,18,23,30H,4,7-8,13-16H2. The Hall–Kier alpha value is -2.70. The molecule has 4 rings (SSSR count). The molecule has 162 valence electrons. The minimum absolute atomic E-state index is 0.144. The second-order valence-corrected chi connectivity index (χ2v) is 8.38. The van der Waals surface area contributed by atoms with Crippen LogP contribution < -0.4 is 0 Å². The van der Waals surface area contributed by atoms with E-state index < -0.39 is 6.10 Å². The zero-order chi connectivity index (χ0) is 21.6. The Morgan fingerprint density at radius 3 is 2.55 bits per heavy atom. The van der Waals surface area contributed by atoms with Gasteiger partial charge in [0.1, 0.15) is 0 Å². The van der Waals surface area contributed by atoms with Gasteiger partial charge in [-0.3, -0.25) is 4.79 Å². The van der Waals surface area contributed by atoms with Gasteiger partial charge < -0.3 is 14.5 Å². The van der Waals surface area contributed by atoms with Gasteiger partial charge in [0.05, 0.1) is 6.10 Å². The fourth-order valence-electron chi connectivity index (χ4n) is 4.01. The number of aryl methyl sites for hydroxylation is 1. The summed E-state index contributed by atoms with van der Waals surface area (Å²) in [6, 6.07) is 17.0. The molecule has 1 aromatic heterocycles. The number of carbonyl (C=O) groups is 1. The summed E-state index contributed by atoms with van der Waals surface area (Å²) in [6.45, 7) is 1.38. The highest BCUT2D eigenvalue weighted by atomic mass is 35.5. The third-order valence-corrected chi connectivity index (χ3v) is 6.08. The van der Waals surface area contributed by atoms with Gasteiger partial charge in [0.2, 0.25) is 17.6 Å².